The second kappa shape index (κ2) is 6.63. The summed E-state index contributed by atoms with van der Waals surface area (Å²) in [6, 6.07) is 6.56. The molecule has 4 aromatic rings. The molecule has 0 saturated carbocycles. The van der Waals surface area contributed by atoms with Crippen LogP contribution in [-0.4, -0.2) is 36.1 Å². The molecule has 1 aliphatic heterocycles. The van der Waals surface area contributed by atoms with E-state index in [1.54, 1.807) is 11.3 Å². The molecule has 0 radical (unpaired) electrons. The van der Waals surface area contributed by atoms with Crippen LogP contribution in [0.25, 0.3) is 20.4 Å². The summed E-state index contributed by atoms with van der Waals surface area (Å²) in [4.78, 5) is 13.7. The van der Waals surface area contributed by atoms with Crippen LogP contribution in [0, 0.1) is 25.5 Å². The van der Waals surface area contributed by atoms with Crippen molar-refractivity contribution in [2.45, 2.75) is 13.8 Å². The fourth-order valence-electron chi connectivity index (χ4n) is 3.67. The van der Waals surface area contributed by atoms with Crippen LogP contribution < -0.4 is 9.80 Å². The zero-order valence-corrected chi connectivity index (χ0v) is 17.1. The average Bonchev–Trinajstić information content (AvgIpc) is 3.26. The topological polar surface area (TPSA) is 32.3 Å². The molecule has 1 fully saturated rings. The highest BCUT2D eigenvalue weighted by molar-refractivity contribution is 7.22. The number of nitrogens with zero attached hydrogens (tertiary/aromatic N) is 4. The average molecular weight is 417 g/mol. The summed E-state index contributed by atoms with van der Waals surface area (Å²) in [6.07, 6.45) is 0. The summed E-state index contributed by atoms with van der Waals surface area (Å²) in [5.41, 5.74) is 3.80. The van der Waals surface area contributed by atoms with E-state index in [9.17, 15) is 8.78 Å². The van der Waals surface area contributed by atoms with Gasteiger partial charge in [0.2, 0.25) is 0 Å². The summed E-state index contributed by atoms with van der Waals surface area (Å²) in [7, 11) is 0. The molecular weight excluding hydrogens is 398 g/mol. The van der Waals surface area contributed by atoms with Crippen molar-refractivity contribution >= 4 is 53.4 Å². The smallest absolute Gasteiger partial charge is 0.186 e. The first-order valence-electron chi connectivity index (χ1n) is 9.11. The van der Waals surface area contributed by atoms with Gasteiger partial charge < -0.3 is 9.80 Å². The Morgan fingerprint density at radius 3 is 2.25 bits per heavy atom. The first-order chi connectivity index (χ1) is 13.5. The molecule has 28 heavy (non-hydrogen) atoms. The number of aromatic nitrogens is 2. The number of benzene rings is 2. The van der Waals surface area contributed by atoms with Gasteiger partial charge in [-0.05, 0) is 37.1 Å². The van der Waals surface area contributed by atoms with E-state index in [2.05, 4.69) is 40.8 Å². The fraction of sp³-hybridized carbons (Fsp3) is 0.300. The highest BCUT2D eigenvalue weighted by Crippen LogP contribution is 2.34. The predicted octanol–water partition coefficient (Wildman–Crippen LogP) is 5.13. The van der Waals surface area contributed by atoms with Crippen LogP contribution in [0.5, 0.6) is 0 Å². The first-order valence-corrected chi connectivity index (χ1v) is 10.7. The number of aryl methyl sites for hydroxylation is 2. The molecule has 0 aliphatic carbocycles. The molecule has 8 heteroatoms. The van der Waals surface area contributed by atoms with Crippen molar-refractivity contribution in [1.29, 1.82) is 0 Å². The Balaban J connectivity index is 1.36. The minimum atomic E-state index is -0.601. The minimum Gasteiger partial charge on any atom is -0.345 e. The van der Waals surface area contributed by atoms with Gasteiger partial charge in [0.25, 0.3) is 0 Å². The molecule has 4 nitrogen and oxygen atoms in total. The molecule has 5 rings (SSSR count). The van der Waals surface area contributed by atoms with Gasteiger partial charge in [-0.15, -0.1) is 0 Å². The van der Waals surface area contributed by atoms with Crippen molar-refractivity contribution in [3.8, 4) is 0 Å². The van der Waals surface area contributed by atoms with Crippen LogP contribution in [0.4, 0.5) is 19.0 Å². The number of halogens is 2. The first kappa shape index (κ1) is 17.8. The van der Waals surface area contributed by atoms with Gasteiger partial charge in [-0.3, -0.25) is 0 Å². The number of hydrogen-bond donors (Lipinski definition) is 0. The number of piperazine rings is 1. The normalized spacial score (nSPS) is 15.1. The monoisotopic (exact) mass is 416 g/mol. The minimum absolute atomic E-state index is 0.251. The zero-order valence-electron chi connectivity index (χ0n) is 15.5. The lowest BCUT2D eigenvalue weighted by Gasteiger charge is -2.34. The standard InChI is InChI=1S/C20H18F2N4S2/c1-11-7-12(2)18-15(8-11)23-19(28-18)25-3-5-26(6-4-25)20-24-17-14(22)9-13(21)10-16(17)27-20/h7-10H,3-6H2,1-2H3. The quantitative estimate of drug-likeness (QED) is 0.454. The van der Waals surface area contributed by atoms with Crippen molar-refractivity contribution in [1.82, 2.24) is 9.97 Å². The van der Waals surface area contributed by atoms with Crippen molar-refractivity contribution < 1.29 is 8.78 Å². The van der Waals surface area contributed by atoms with E-state index in [1.807, 2.05) is 0 Å². The van der Waals surface area contributed by atoms with Crippen molar-refractivity contribution in [3.05, 3.63) is 47.0 Å². The van der Waals surface area contributed by atoms with Crippen LogP contribution in [0.15, 0.2) is 24.3 Å². The van der Waals surface area contributed by atoms with E-state index in [-0.39, 0.29) is 5.52 Å². The third kappa shape index (κ3) is 3.00. The Labute approximate surface area is 169 Å². The summed E-state index contributed by atoms with van der Waals surface area (Å²) in [6.45, 7) is 7.42. The number of hydrogen-bond acceptors (Lipinski definition) is 6. The van der Waals surface area contributed by atoms with E-state index < -0.39 is 11.6 Å². The second-order valence-electron chi connectivity index (χ2n) is 7.13. The highest BCUT2D eigenvalue weighted by Gasteiger charge is 2.23. The molecule has 0 atom stereocenters. The lowest BCUT2D eigenvalue weighted by Crippen LogP contribution is -2.46. The van der Waals surface area contributed by atoms with Gasteiger partial charge in [0, 0.05) is 32.2 Å². The lowest BCUT2D eigenvalue weighted by atomic mass is 10.1. The van der Waals surface area contributed by atoms with Crippen molar-refractivity contribution in [3.63, 3.8) is 0 Å². The molecule has 1 aliphatic rings. The SMILES string of the molecule is Cc1cc(C)c2sc(N3CCN(c4nc5c(F)cc(F)cc5s4)CC3)nc2c1. The van der Waals surface area contributed by atoms with E-state index in [0.29, 0.717) is 4.70 Å². The Hall–Kier alpha value is -2.32. The van der Waals surface area contributed by atoms with Crippen LogP contribution in [-0.2, 0) is 0 Å². The Morgan fingerprint density at radius 1 is 0.857 bits per heavy atom. The van der Waals surface area contributed by atoms with Gasteiger partial charge in [-0.25, -0.2) is 18.7 Å². The van der Waals surface area contributed by atoms with Crippen LogP contribution in [0.1, 0.15) is 11.1 Å². The summed E-state index contributed by atoms with van der Waals surface area (Å²) >= 11 is 3.08. The van der Waals surface area contributed by atoms with Crippen LogP contribution in [0.2, 0.25) is 0 Å². The number of anilines is 2. The maximum absolute atomic E-state index is 13.9. The molecular formula is C20H18F2N4S2. The van der Waals surface area contributed by atoms with Crippen LogP contribution >= 0.6 is 22.7 Å². The molecule has 0 N–H and O–H groups in total. The molecule has 2 aromatic heterocycles. The third-order valence-corrected chi connectivity index (χ3v) is 7.36. The van der Waals surface area contributed by atoms with E-state index in [0.717, 1.165) is 48.0 Å². The van der Waals surface area contributed by atoms with Gasteiger partial charge >= 0.3 is 0 Å². The molecule has 1 saturated heterocycles. The maximum Gasteiger partial charge on any atom is 0.186 e. The molecule has 2 aromatic carbocycles. The van der Waals surface area contributed by atoms with Crippen LogP contribution in [0.3, 0.4) is 0 Å². The van der Waals surface area contributed by atoms with Gasteiger partial charge in [-0.1, -0.05) is 28.7 Å². The third-order valence-electron chi connectivity index (χ3n) is 5.03. The number of fused-ring (bicyclic) bond motifs is 2. The van der Waals surface area contributed by atoms with Gasteiger partial charge in [0.05, 0.1) is 14.9 Å². The number of rotatable bonds is 2. The molecule has 3 heterocycles. The Bertz CT molecular complexity index is 1100. The summed E-state index contributed by atoms with van der Waals surface area (Å²) < 4.78 is 29.2. The van der Waals surface area contributed by atoms with Crippen molar-refractivity contribution in [2.24, 2.45) is 0 Å². The number of thiazole rings is 2. The van der Waals surface area contributed by atoms with E-state index in [4.69, 9.17) is 4.98 Å². The Kier molecular flexibility index (Phi) is 4.21. The zero-order chi connectivity index (χ0) is 19.4. The largest absolute Gasteiger partial charge is 0.345 e. The lowest BCUT2D eigenvalue weighted by molar-refractivity contribution is 0.591. The summed E-state index contributed by atoms with van der Waals surface area (Å²) in [5.74, 6) is -1.16. The molecule has 144 valence electrons. The van der Waals surface area contributed by atoms with E-state index in [1.165, 1.54) is 33.2 Å². The van der Waals surface area contributed by atoms with E-state index >= 15 is 0 Å². The summed E-state index contributed by atoms with van der Waals surface area (Å²) in [5, 5.41) is 1.79. The van der Waals surface area contributed by atoms with Gasteiger partial charge in [0.15, 0.2) is 16.1 Å². The van der Waals surface area contributed by atoms with Crippen molar-refractivity contribution in [2.75, 3.05) is 36.0 Å². The second-order valence-corrected chi connectivity index (χ2v) is 9.12. The predicted molar refractivity (Wildman–Crippen MR) is 113 cm³/mol. The molecule has 0 unspecified atom stereocenters. The Morgan fingerprint density at radius 2 is 1.54 bits per heavy atom. The maximum atomic E-state index is 13.9. The molecule has 0 amide bonds. The van der Waals surface area contributed by atoms with Gasteiger partial charge in [0.1, 0.15) is 11.3 Å². The molecule has 0 spiro atoms. The molecule has 0 bridgehead atoms. The highest BCUT2D eigenvalue weighted by atomic mass is 32.1. The van der Waals surface area contributed by atoms with Gasteiger partial charge in [-0.2, -0.15) is 0 Å². The fourth-order valence-corrected chi connectivity index (χ4v) is 5.79.